The summed E-state index contributed by atoms with van der Waals surface area (Å²) < 4.78 is 0. The maximum atomic E-state index is 13.6. The lowest BCUT2D eigenvalue weighted by molar-refractivity contribution is -0.144. The van der Waals surface area contributed by atoms with Crippen molar-refractivity contribution in [1.29, 1.82) is 0 Å². The minimum Gasteiger partial charge on any atom is -0.480 e. The number of aliphatic carboxylic acids is 1. The number of hydrogen-bond donors (Lipinski definition) is 10. The number of rotatable bonds is 20. The molecule has 6 amide bonds. The first-order valence-electron chi connectivity index (χ1n) is 16.6. The number of aliphatic hydroxyl groups excluding tert-OH is 1. The van der Waals surface area contributed by atoms with E-state index in [9.17, 15) is 43.8 Å². The number of hydrogen-bond acceptors (Lipinski definition) is 11. The standard InChI is InChI=1S/C30H52N10O9S/c1-16(29(48)49)36-25(44)20(10-14-50-3)37-26(45)19(8-5-12-34-30(31)32)38-27(46)21-9-6-13-40(21)28(47)23(17(2)41)39-22(42)15-35-24(43)18-7-4-11-33-18/h16-21,23,33,41H,4-15H2,1-3H3,(H,35,43)(H,36,44)(H,37,45)(H,38,46)(H,39,42)(H,48,49)(H4,31,32,34)/t16-,17+,18-,19-,20-,21-,23-/m0/s1. The van der Waals surface area contributed by atoms with Crippen LogP contribution in [0.3, 0.4) is 0 Å². The predicted octanol–water partition coefficient (Wildman–Crippen LogP) is -3.92. The first kappa shape index (κ1) is 42.0. The topological polar surface area (TPSA) is 300 Å². The van der Waals surface area contributed by atoms with E-state index >= 15 is 0 Å². The van der Waals surface area contributed by atoms with Gasteiger partial charge in [0.15, 0.2) is 5.96 Å². The summed E-state index contributed by atoms with van der Waals surface area (Å²) in [5.41, 5.74) is 10.8. The molecule has 0 aromatic carbocycles. The van der Waals surface area contributed by atoms with Crippen LogP contribution in [0.1, 0.15) is 58.8 Å². The molecule has 50 heavy (non-hydrogen) atoms. The Hall–Kier alpha value is -4.17. The van der Waals surface area contributed by atoms with Crippen LogP contribution in [0, 0.1) is 0 Å². The number of aliphatic imine (C=N–C) groups is 1. The number of amides is 6. The predicted molar refractivity (Wildman–Crippen MR) is 184 cm³/mol. The van der Waals surface area contributed by atoms with Crippen molar-refractivity contribution in [2.75, 3.05) is 38.2 Å². The van der Waals surface area contributed by atoms with Crippen molar-refractivity contribution in [2.24, 2.45) is 16.5 Å². The summed E-state index contributed by atoms with van der Waals surface area (Å²) in [6.07, 6.45) is 3.07. The van der Waals surface area contributed by atoms with Crippen molar-refractivity contribution >= 4 is 59.1 Å². The summed E-state index contributed by atoms with van der Waals surface area (Å²) in [7, 11) is 0. The Morgan fingerprint density at radius 2 is 1.62 bits per heavy atom. The molecule has 0 aromatic rings. The van der Waals surface area contributed by atoms with Crippen LogP contribution in [0.4, 0.5) is 0 Å². The smallest absolute Gasteiger partial charge is 0.325 e. The Bertz CT molecular complexity index is 1240. The summed E-state index contributed by atoms with van der Waals surface area (Å²) in [5, 5.41) is 35.2. The van der Waals surface area contributed by atoms with Crippen molar-refractivity contribution in [2.45, 2.75) is 101 Å². The fourth-order valence-corrected chi connectivity index (χ4v) is 5.96. The maximum absolute atomic E-state index is 13.6. The van der Waals surface area contributed by atoms with Gasteiger partial charge in [-0.1, -0.05) is 0 Å². The number of aliphatic hydroxyl groups is 1. The summed E-state index contributed by atoms with van der Waals surface area (Å²) in [4.78, 5) is 95.0. The lowest BCUT2D eigenvalue weighted by Gasteiger charge is -2.31. The Morgan fingerprint density at radius 1 is 0.940 bits per heavy atom. The molecule has 0 radical (unpaired) electrons. The molecular weight excluding hydrogens is 676 g/mol. The Balaban J connectivity index is 2.16. The third-order valence-corrected chi connectivity index (χ3v) is 8.90. The number of carbonyl (C=O) groups excluding carboxylic acids is 6. The number of nitrogens with two attached hydrogens (primary N) is 2. The molecule has 2 aliphatic rings. The number of nitrogens with zero attached hydrogens (tertiary/aromatic N) is 2. The summed E-state index contributed by atoms with van der Waals surface area (Å²) in [6.45, 7) is 3.15. The van der Waals surface area contributed by atoms with E-state index in [4.69, 9.17) is 11.5 Å². The van der Waals surface area contributed by atoms with E-state index in [1.54, 1.807) is 6.26 Å². The third kappa shape index (κ3) is 13.6. The molecule has 0 unspecified atom stereocenters. The third-order valence-electron chi connectivity index (χ3n) is 8.25. The molecule has 0 bridgehead atoms. The van der Waals surface area contributed by atoms with Crippen LogP contribution in [0.2, 0.25) is 0 Å². The molecule has 0 aromatic heterocycles. The van der Waals surface area contributed by atoms with E-state index in [0.29, 0.717) is 25.1 Å². The van der Waals surface area contributed by atoms with Crippen molar-refractivity contribution in [3.05, 3.63) is 0 Å². The number of guanidine groups is 1. The molecule has 2 fully saturated rings. The summed E-state index contributed by atoms with van der Waals surface area (Å²) in [6, 6.07) is -6.37. The molecule has 2 heterocycles. The van der Waals surface area contributed by atoms with Crippen LogP contribution in [0.5, 0.6) is 0 Å². The maximum Gasteiger partial charge on any atom is 0.325 e. The van der Waals surface area contributed by atoms with Gasteiger partial charge in [-0.3, -0.25) is 38.6 Å². The fraction of sp³-hybridized carbons (Fsp3) is 0.733. The Morgan fingerprint density at radius 3 is 2.22 bits per heavy atom. The molecule has 20 heteroatoms. The number of nitrogens with one attached hydrogen (secondary N) is 6. The zero-order valence-corrected chi connectivity index (χ0v) is 29.6. The van der Waals surface area contributed by atoms with Crippen molar-refractivity contribution in [3.63, 3.8) is 0 Å². The molecular formula is C30H52N10O9S. The number of likely N-dealkylation sites (tertiary alicyclic amines) is 1. The number of carboxylic acid groups (broad SMARTS) is 1. The minimum atomic E-state index is -1.42. The molecule has 2 aliphatic heterocycles. The van der Waals surface area contributed by atoms with Gasteiger partial charge in [0.05, 0.1) is 18.7 Å². The zero-order valence-electron chi connectivity index (χ0n) is 28.7. The van der Waals surface area contributed by atoms with Crippen LogP contribution >= 0.6 is 11.8 Å². The van der Waals surface area contributed by atoms with E-state index in [-0.39, 0.29) is 50.6 Å². The second-order valence-corrected chi connectivity index (χ2v) is 13.2. The van der Waals surface area contributed by atoms with Gasteiger partial charge in [-0.05, 0) is 77.3 Å². The second kappa shape index (κ2) is 21.1. The quantitative estimate of drug-likeness (QED) is 0.0326. The SMILES string of the molecule is CSCC[C@H](NC(=O)[C@H](CCCN=C(N)N)NC(=O)[C@@H]1CCCN1C(=O)[C@@H](NC(=O)CNC(=O)[C@@H]1CCCN1)[C@@H](C)O)C(=O)N[C@@H](C)C(=O)O. The van der Waals surface area contributed by atoms with Gasteiger partial charge in [-0.2, -0.15) is 11.8 Å². The highest BCUT2D eigenvalue weighted by molar-refractivity contribution is 7.98. The highest BCUT2D eigenvalue weighted by Gasteiger charge is 2.40. The van der Waals surface area contributed by atoms with E-state index < -0.39 is 84.4 Å². The average molecular weight is 729 g/mol. The van der Waals surface area contributed by atoms with E-state index in [1.807, 2.05) is 0 Å². The molecule has 0 saturated carbocycles. The Kier molecular flexibility index (Phi) is 17.8. The molecule has 282 valence electrons. The van der Waals surface area contributed by atoms with Crippen LogP contribution in [0.25, 0.3) is 0 Å². The van der Waals surface area contributed by atoms with E-state index in [0.717, 1.165) is 6.42 Å². The monoisotopic (exact) mass is 728 g/mol. The van der Waals surface area contributed by atoms with Gasteiger partial charge in [0, 0.05) is 13.1 Å². The highest BCUT2D eigenvalue weighted by Crippen LogP contribution is 2.20. The normalized spacial score (nSPS) is 20.0. The van der Waals surface area contributed by atoms with E-state index in [2.05, 4.69) is 36.9 Å². The van der Waals surface area contributed by atoms with Gasteiger partial charge in [0.1, 0.15) is 30.2 Å². The van der Waals surface area contributed by atoms with E-state index in [1.165, 1.54) is 30.5 Å². The van der Waals surface area contributed by atoms with Crippen LogP contribution < -0.4 is 43.4 Å². The number of carboxylic acids is 1. The molecule has 19 nitrogen and oxygen atoms in total. The largest absolute Gasteiger partial charge is 0.480 e. The molecule has 2 saturated heterocycles. The van der Waals surface area contributed by atoms with Gasteiger partial charge in [0.2, 0.25) is 35.4 Å². The molecule has 7 atom stereocenters. The second-order valence-electron chi connectivity index (χ2n) is 12.3. The van der Waals surface area contributed by atoms with Crippen molar-refractivity contribution in [3.8, 4) is 0 Å². The summed E-state index contributed by atoms with van der Waals surface area (Å²) in [5.74, 6) is -4.82. The number of carbonyl (C=O) groups is 7. The molecule has 12 N–H and O–H groups in total. The lowest BCUT2D eigenvalue weighted by atomic mass is 10.1. The molecule has 0 aliphatic carbocycles. The fourth-order valence-electron chi connectivity index (χ4n) is 5.49. The molecule has 0 spiro atoms. The van der Waals surface area contributed by atoms with Gasteiger partial charge < -0.3 is 58.5 Å². The highest BCUT2D eigenvalue weighted by atomic mass is 32.2. The number of thioether (sulfide) groups is 1. The average Bonchev–Trinajstić information content (AvgIpc) is 3.78. The van der Waals surface area contributed by atoms with Gasteiger partial charge in [-0.25, -0.2) is 0 Å². The first-order valence-corrected chi connectivity index (χ1v) is 18.0. The minimum absolute atomic E-state index is 0.0475. The molecule has 2 rings (SSSR count). The first-order chi connectivity index (χ1) is 23.7. The summed E-state index contributed by atoms with van der Waals surface area (Å²) >= 11 is 1.42. The van der Waals surface area contributed by atoms with Crippen LogP contribution in [-0.4, -0.2) is 143 Å². The van der Waals surface area contributed by atoms with Crippen LogP contribution in [0.15, 0.2) is 4.99 Å². The lowest BCUT2D eigenvalue weighted by Crippen LogP contribution is -2.60. The van der Waals surface area contributed by atoms with Gasteiger partial charge in [-0.15, -0.1) is 0 Å². The van der Waals surface area contributed by atoms with Crippen molar-refractivity contribution < 1.29 is 43.8 Å². The Labute approximate surface area is 295 Å². The van der Waals surface area contributed by atoms with Crippen LogP contribution in [-0.2, 0) is 33.6 Å². The van der Waals surface area contributed by atoms with Gasteiger partial charge >= 0.3 is 5.97 Å². The zero-order chi connectivity index (χ0) is 37.4. The van der Waals surface area contributed by atoms with Gasteiger partial charge in [0.25, 0.3) is 0 Å². The van der Waals surface area contributed by atoms with Crippen molar-refractivity contribution in [1.82, 2.24) is 36.8 Å².